The first kappa shape index (κ1) is 20.4. The molecule has 4 rings (SSSR count). The number of hydrogen-bond acceptors (Lipinski definition) is 5. The van der Waals surface area contributed by atoms with Crippen LogP contribution in [-0.4, -0.2) is 25.8 Å². The second kappa shape index (κ2) is 8.11. The zero-order valence-corrected chi connectivity index (χ0v) is 17.8. The van der Waals surface area contributed by atoms with Crippen LogP contribution in [0.25, 0.3) is 0 Å². The summed E-state index contributed by atoms with van der Waals surface area (Å²) in [5.74, 6) is 7.42. The van der Waals surface area contributed by atoms with E-state index in [0.717, 1.165) is 24.1 Å². The summed E-state index contributed by atoms with van der Waals surface area (Å²) in [4.78, 5) is 20.5. The molecule has 1 fully saturated rings. The highest BCUT2D eigenvalue weighted by Crippen LogP contribution is 2.40. The van der Waals surface area contributed by atoms with Gasteiger partial charge in [0.2, 0.25) is 5.95 Å². The van der Waals surface area contributed by atoms with E-state index in [9.17, 15) is 4.79 Å². The standard InChI is InChI=1S/C23H25N7O/c1-23(2,3)30-20(12-19(29-30)17-9-10-17)28-22(31)27-18-6-4-5-15(11-18)7-8-16-13-25-21(24)26-14-16/h4-6,11-14,17H,9-10H2,1-3H3,(H2,24,25,26)(H2,27,28,31). The van der Waals surface area contributed by atoms with E-state index in [1.807, 2.05) is 28.9 Å². The fourth-order valence-electron chi connectivity index (χ4n) is 3.08. The summed E-state index contributed by atoms with van der Waals surface area (Å²) in [5, 5.41) is 10.5. The summed E-state index contributed by atoms with van der Waals surface area (Å²) in [6.45, 7) is 6.19. The van der Waals surface area contributed by atoms with Gasteiger partial charge in [-0.3, -0.25) is 5.32 Å². The van der Waals surface area contributed by atoms with Gasteiger partial charge in [-0.1, -0.05) is 17.9 Å². The van der Waals surface area contributed by atoms with Crippen LogP contribution in [0.2, 0.25) is 0 Å². The summed E-state index contributed by atoms with van der Waals surface area (Å²) >= 11 is 0. The number of hydrogen-bond donors (Lipinski definition) is 3. The van der Waals surface area contributed by atoms with Crippen molar-refractivity contribution < 1.29 is 4.79 Å². The van der Waals surface area contributed by atoms with Gasteiger partial charge in [0.05, 0.1) is 16.8 Å². The molecule has 1 aliphatic carbocycles. The van der Waals surface area contributed by atoms with Crippen LogP contribution in [-0.2, 0) is 5.54 Å². The van der Waals surface area contributed by atoms with E-state index in [-0.39, 0.29) is 17.5 Å². The molecule has 0 aliphatic heterocycles. The predicted molar refractivity (Wildman–Crippen MR) is 121 cm³/mol. The molecular weight excluding hydrogens is 390 g/mol. The molecule has 4 N–H and O–H groups in total. The number of nitrogen functional groups attached to an aromatic ring is 1. The third-order valence-electron chi connectivity index (χ3n) is 4.74. The molecule has 0 atom stereocenters. The lowest BCUT2D eigenvalue weighted by Crippen LogP contribution is -2.28. The minimum absolute atomic E-state index is 0.208. The van der Waals surface area contributed by atoms with Crippen molar-refractivity contribution in [2.45, 2.75) is 45.1 Å². The second-order valence-electron chi connectivity index (χ2n) is 8.55. The third-order valence-corrected chi connectivity index (χ3v) is 4.74. The zero-order valence-electron chi connectivity index (χ0n) is 17.8. The van der Waals surface area contributed by atoms with Crippen LogP contribution in [0.4, 0.5) is 22.2 Å². The first-order chi connectivity index (χ1) is 14.8. The van der Waals surface area contributed by atoms with Gasteiger partial charge in [-0.15, -0.1) is 0 Å². The molecule has 158 valence electrons. The number of urea groups is 1. The smallest absolute Gasteiger partial charge is 0.324 e. The highest BCUT2D eigenvalue weighted by molar-refractivity contribution is 5.99. The summed E-state index contributed by atoms with van der Waals surface area (Å²) in [6, 6.07) is 8.97. The van der Waals surface area contributed by atoms with E-state index >= 15 is 0 Å². The maximum atomic E-state index is 12.7. The molecule has 3 aromatic rings. The number of nitrogens with two attached hydrogens (primary N) is 1. The maximum Gasteiger partial charge on any atom is 0.324 e. The van der Waals surface area contributed by atoms with Gasteiger partial charge >= 0.3 is 6.03 Å². The fourth-order valence-corrected chi connectivity index (χ4v) is 3.08. The topological polar surface area (TPSA) is 111 Å². The Labute approximate surface area is 181 Å². The molecule has 8 nitrogen and oxygen atoms in total. The number of carbonyl (C=O) groups excluding carboxylic acids is 1. The molecule has 0 bridgehead atoms. The highest BCUT2D eigenvalue weighted by atomic mass is 16.2. The van der Waals surface area contributed by atoms with E-state index in [1.165, 1.54) is 0 Å². The van der Waals surface area contributed by atoms with E-state index in [4.69, 9.17) is 10.8 Å². The second-order valence-corrected chi connectivity index (χ2v) is 8.55. The quantitative estimate of drug-likeness (QED) is 0.561. The van der Waals surface area contributed by atoms with Gasteiger partial charge in [0.15, 0.2) is 0 Å². The molecule has 2 heterocycles. The summed E-state index contributed by atoms with van der Waals surface area (Å²) in [7, 11) is 0. The normalized spacial score (nSPS) is 13.3. The molecule has 0 saturated heterocycles. The Morgan fingerprint density at radius 2 is 1.81 bits per heavy atom. The maximum absolute atomic E-state index is 12.7. The molecule has 31 heavy (non-hydrogen) atoms. The van der Waals surface area contributed by atoms with Gasteiger partial charge in [-0.05, 0) is 51.8 Å². The highest BCUT2D eigenvalue weighted by Gasteiger charge is 2.30. The van der Waals surface area contributed by atoms with E-state index in [0.29, 0.717) is 23.0 Å². The Kier molecular flexibility index (Phi) is 5.34. The van der Waals surface area contributed by atoms with Crippen LogP contribution in [0.5, 0.6) is 0 Å². The molecule has 0 radical (unpaired) electrons. The summed E-state index contributed by atoms with van der Waals surface area (Å²) < 4.78 is 1.87. The number of rotatable bonds is 3. The lowest BCUT2D eigenvalue weighted by atomic mass is 10.1. The average Bonchev–Trinajstić information content (AvgIpc) is 3.47. The summed E-state index contributed by atoms with van der Waals surface area (Å²) in [6.07, 6.45) is 5.45. The first-order valence-corrected chi connectivity index (χ1v) is 10.2. The number of nitrogens with zero attached hydrogens (tertiary/aromatic N) is 4. The monoisotopic (exact) mass is 415 g/mol. The van der Waals surface area contributed by atoms with Gasteiger partial charge in [0.25, 0.3) is 0 Å². The lowest BCUT2D eigenvalue weighted by molar-refractivity contribution is 0.261. The van der Waals surface area contributed by atoms with Crippen molar-refractivity contribution in [1.82, 2.24) is 19.7 Å². The van der Waals surface area contributed by atoms with E-state index in [2.05, 4.69) is 53.2 Å². The molecule has 1 aliphatic rings. The van der Waals surface area contributed by atoms with Gasteiger partial charge in [-0.25, -0.2) is 19.4 Å². The fraction of sp³-hybridized carbons (Fsp3) is 0.304. The van der Waals surface area contributed by atoms with Crippen LogP contribution >= 0.6 is 0 Å². The minimum atomic E-state index is -0.329. The summed E-state index contributed by atoms with van der Waals surface area (Å²) in [5.41, 5.74) is 8.34. The van der Waals surface area contributed by atoms with Crippen molar-refractivity contribution >= 4 is 23.5 Å². The van der Waals surface area contributed by atoms with Crippen LogP contribution in [0.15, 0.2) is 42.7 Å². The van der Waals surface area contributed by atoms with Crippen molar-refractivity contribution in [3.8, 4) is 11.8 Å². The van der Waals surface area contributed by atoms with Crippen LogP contribution in [0.3, 0.4) is 0 Å². The Balaban J connectivity index is 1.46. The molecule has 2 aromatic heterocycles. The molecule has 0 spiro atoms. The zero-order chi connectivity index (χ0) is 22.0. The van der Waals surface area contributed by atoms with E-state index < -0.39 is 0 Å². The Bertz CT molecular complexity index is 1160. The average molecular weight is 416 g/mol. The van der Waals surface area contributed by atoms with Crippen molar-refractivity contribution in [3.63, 3.8) is 0 Å². The largest absolute Gasteiger partial charge is 0.368 e. The Morgan fingerprint density at radius 1 is 1.10 bits per heavy atom. The third kappa shape index (κ3) is 5.20. The van der Waals surface area contributed by atoms with E-state index in [1.54, 1.807) is 18.5 Å². The molecule has 1 saturated carbocycles. The molecular formula is C23H25N7O. The number of carbonyl (C=O) groups is 1. The number of nitrogens with one attached hydrogen (secondary N) is 2. The first-order valence-electron chi connectivity index (χ1n) is 10.2. The lowest BCUT2D eigenvalue weighted by Gasteiger charge is -2.22. The van der Waals surface area contributed by atoms with Crippen LogP contribution in [0, 0.1) is 11.8 Å². The number of anilines is 3. The van der Waals surface area contributed by atoms with Gasteiger partial charge < -0.3 is 11.1 Å². The molecule has 8 heteroatoms. The van der Waals surface area contributed by atoms with Crippen LogP contribution < -0.4 is 16.4 Å². The SMILES string of the molecule is CC(C)(C)n1nc(C2CC2)cc1NC(=O)Nc1cccc(C#Cc2cnc(N)nc2)c1. The van der Waals surface area contributed by atoms with Crippen LogP contribution in [0.1, 0.15) is 56.4 Å². The van der Waals surface area contributed by atoms with Gasteiger partial charge in [0.1, 0.15) is 5.82 Å². The molecule has 1 aromatic carbocycles. The minimum Gasteiger partial charge on any atom is -0.368 e. The number of benzene rings is 1. The number of aromatic nitrogens is 4. The Hall–Kier alpha value is -3.86. The van der Waals surface area contributed by atoms with Gasteiger partial charge in [-0.2, -0.15) is 5.10 Å². The van der Waals surface area contributed by atoms with Gasteiger partial charge in [0, 0.05) is 35.6 Å². The van der Waals surface area contributed by atoms with Crippen molar-refractivity contribution in [3.05, 3.63) is 59.5 Å². The molecule has 2 amide bonds. The van der Waals surface area contributed by atoms with Crippen molar-refractivity contribution in [2.75, 3.05) is 16.4 Å². The predicted octanol–water partition coefficient (Wildman–Crippen LogP) is 3.93. The molecule has 0 unspecified atom stereocenters. The Morgan fingerprint density at radius 3 is 2.48 bits per heavy atom. The van der Waals surface area contributed by atoms with Crippen molar-refractivity contribution in [1.29, 1.82) is 0 Å². The number of amides is 2. The van der Waals surface area contributed by atoms with Crippen molar-refractivity contribution in [2.24, 2.45) is 0 Å².